The number of nitrogens with one attached hydrogen (secondary N) is 1. The minimum absolute atomic E-state index is 0.614. The standard InChI is InChI=1S/C16H28N2O3/c1-14(2)12-17-13-15-5-6-18-16(11-15)21-8-4-7-20-10-9-19-3/h5-6,11,14,17H,4,7-10,12-13H2,1-3H3. The monoisotopic (exact) mass is 296 g/mol. The van der Waals surface area contributed by atoms with Crippen LogP contribution in [0.2, 0.25) is 0 Å². The highest BCUT2D eigenvalue weighted by molar-refractivity contribution is 5.20. The van der Waals surface area contributed by atoms with Gasteiger partial charge in [-0.25, -0.2) is 4.98 Å². The summed E-state index contributed by atoms with van der Waals surface area (Å²) in [6, 6.07) is 3.99. The highest BCUT2D eigenvalue weighted by Gasteiger charge is 2.00. The Morgan fingerprint density at radius 2 is 2.05 bits per heavy atom. The summed E-state index contributed by atoms with van der Waals surface area (Å²) in [5, 5.41) is 3.41. The first-order valence-electron chi connectivity index (χ1n) is 7.57. The molecular formula is C16H28N2O3. The molecule has 0 spiro atoms. The Morgan fingerprint density at radius 1 is 1.19 bits per heavy atom. The van der Waals surface area contributed by atoms with Gasteiger partial charge in [0.15, 0.2) is 0 Å². The van der Waals surface area contributed by atoms with Crippen LogP contribution in [0.15, 0.2) is 18.3 Å². The first kappa shape index (κ1) is 17.9. The maximum atomic E-state index is 5.63. The van der Waals surface area contributed by atoms with Gasteiger partial charge in [-0.15, -0.1) is 0 Å². The second-order valence-electron chi connectivity index (χ2n) is 5.33. The highest BCUT2D eigenvalue weighted by Crippen LogP contribution is 2.09. The van der Waals surface area contributed by atoms with Crippen LogP contribution in [-0.2, 0) is 16.0 Å². The second-order valence-corrected chi connectivity index (χ2v) is 5.33. The van der Waals surface area contributed by atoms with Crippen molar-refractivity contribution in [3.8, 4) is 5.88 Å². The molecule has 1 rings (SSSR count). The average molecular weight is 296 g/mol. The summed E-state index contributed by atoms with van der Waals surface area (Å²) >= 11 is 0. The van der Waals surface area contributed by atoms with E-state index in [2.05, 4.69) is 24.1 Å². The molecule has 1 N–H and O–H groups in total. The molecule has 0 radical (unpaired) electrons. The van der Waals surface area contributed by atoms with Gasteiger partial charge in [0.25, 0.3) is 0 Å². The van der Waals surface area contributed by atoms with Gasteiger partial charge in [0.2, 0.25) is 5.88 Å². The van der Waals surface area contributed by atoms with E-state index in [1.54, 1.807) is 13.3 Å². The summed E-state index contributed by atoms with van der Waals surface area (Å²) in [6.07, 6.45) is 2.64. The van der Waals surface area contributed by atoms with Gasteiger partial charge in [-0.05, 0) is 24.1 Å². The van der Waals surface area contributed by atoms with E-state index >= 15 is 0 Å². The molecule has 0 amide bonds. The third-order valence-corrected chi connectivity index (χ3v) is 2.80. The third-order valence-electron chi connectivity index (χ3n) is 2.80. The predicted octanol–water partition coefficient (Wildman–Crippen LogP) is 2.26. The molecule has 0 atom stereocenters. The fraction of sp³-hybridized carbons (Fsp3) is 0.688. The summed E-state index contributed by atoms with van der Waals surface area (Å²) in [5.41, 5.74) is 1.19. The van der Waals surface area contributed by atoms with Crippen LogP contribution in [0.25, 0.3) is 0 Å². The van der Waals surface area contributed by atoms with Gasteiger partial charge in [-0.3, -0.25) is 0 Å². The first-order chi connectivity index (χ1) is 10.2. The van der Waals surface area contributed by atoms with E-state index in [-0.39, 0.29) is 0 Å². The lowest BCUT2D eigenvalue weighted by Gasteiger charge is -2.09. The second kappa shape index (κ2) is 11.5. The molecular weight excluding hydrogens is 268 g/mol. The van der Waals surface area contributed by atoms with Crippen LogP contribution in [0.5, 0.6) is 5.88 Å². The quantitative estimate of drug-likeness (QED) is 0.600. The normalized spacial score (nSPS) is 11.0. The molecule has 0 aliphatic rings. The van der Waals surface area contributed by atoms with E-state index in [1.165, 1.54) is 5.56 Å². The Balaban J connectivity index is 2.17. The Hall–Kier alpha value is -1.17. The largest absolute Gasteiger partial charge is 0.478 e. The molecule has 0 aliphatic carbocycles. The number of pyridine rings is 1. The summed E-state index contributed by atoms with van der Waals surface area (Å²) in [7, 11) is 1.67. The molecule has 0 aliphatic heterocycles. The molecule has 5 heteroatoms. The zero-order chi connectivity index (χ0) is 15.3. The number of rotatable bonds is 12. The lowest BCUT2D eigenvalue weighted by atomic mass is 10.2. The summed E-state index contributed by atoms with van der Waals surface area (Å²) in [5.74, 6) is 1.33. The number of aromatic nitrogens is 1. The minimum Gasteiger partial charge on any atom is -0.478 e. The molecule has 0 saturated carbocycles. The number of ether oxygens (including phenoxy) is 3. The van der Waals surface area contributed by atoms with Crippen molar-refractivity contribution in [3.63, 3.8) is 0 Å². The summed E-state index contributed by atoms with van der Waals surface area (Å²) < 4.78 is 15.9. The van der Waals surface area contributed by atoms with E-state index < -0.39 is 0 Å². The molecule has 1 aromatic heterocycles. The van der Waals surface area contributed by atoms with Crippen molar-refractivity contribution in [2.45, 2.75) is 26.8 Å². The van der Waals surface area contributed by atoms with Crippen molar-refractivity contribution in [2.24, 2.45) is 5.92 Å². The van der Waals surface area contributed by atoms with Crippen molar-refractivity contribution in [1.82, 2.24) is 10.3 Å². The smallest absolute Gasteiger partial charge is 0.213 e. The molecule has 0 unspecified atom stereocenters. The first-order valence-corrected chi connectivity index (χ1v) is 7.57. The van der Waals surface area contributed by atoms with Crippen LogP contribution in [0.1, 0.15) is 25.8 Å². The van der Waals surface area contributed by atoms with E-state index in [4.69, 9.17) is 14.2 Å². The molecule has 0 saturated heterocycles. The molecule has 21 heavy (non-hydrogen) atoms. The van der Waals surface area contributed by atoms with Gasteiger partial charge >= 0.3 is 0 Å². The van der Waals surface area contributed by atoms with Crippen molar-refractivity contribution in [2.75, 3.05) is 40.1 Å². The van der Waals surface area contributed by atoms with Gasteiger partial charge in [-0.1, -0.05) is 13.8 Å². The van der Waals surface area contributed by atoms with Crippen molar-refractivity contribution in [3.05, 3.63) is 23.9 Å². The maximum absolute atomic E-state index is 5.63. The molecule has 1 aromatic rings. The van der Waals surface area contributed by atoms with Crippen LogP contribution in [0.3, 0.4) is 0 Å². The average Bonchev–Trinajstić information content (AvgIpc) is 2.46. The lowest BCUT2D eigenvalue weighted by Crippen LogP contribution is -2.19. The van der Waals surface area contributed by atoms with Crippen LogP contribution < -0.4 is 10.1 Å². The van der Waals surface area contributed by atoms with Crippen LogP contribution in [0.4, 0.5) is 0 Å². The Bertz CT molecular complexity index is 372. The van der Waals surface area contributed by atoms with Crippen molar-refractivity contribution in [1.29, 1.82) is 0 Å². The topological polar surface area (TPSA) is 52.6 Å². The van der Waals surface area contributed by atoms with E-state index in [0.29, 0.717) is 38.2 Å². The number of nitrogens with zero attached hydrogens (tertiary/aromatic N) is 1. The van der Waals surface area contributed by atoms with E-state index in [1.807, 2.05) is 12.1 Å². The molecule has 1 heterocycles. The SMILES string of the molecule is COCCOCCCOc1cc(CNCC(C)C)ccn1. The zero-order valence-electron chi connectivity index (χ0n) is 13.4. The van der Waals surface area contributed by atoms with Gasteiger partial charge in [0.05, 0.1) is 19.8 Å². The molecule has 120 valence electrons. The Morgan fingerprint density at radius 3 is 2.81 bits per heavy atom. The Kier molecular flexibility index (Phi) is 9.78. The van der Waals surface area contributed by atoms with Crippen molar-refractivity contribution >= 4 is 0 Å². The molecule has 5 nitrogen and oxygen atoms in total. The maximum Gasteiger partial charge on any atom is 0.213 e. The van der Waals surface area contributed by atoms with Crippen LogP contribution >= 0.6 is 0 Å². The van der Waals surface area contributed by atoms with Crippen molar-refractivity contribution < 1.29 is 14.2 Å². The molecule has 0 fully saturated rings. The van der Waals surface area contributed by atoms with E-state index in [9.17, 15) is 0 Å². The molecule has 0 aromatic carbocycles. The zero-order valence-corrected chi connectivity index (χ0v) is 13.4. The number of hydrogen-bond donors (Lipinski definition) is 1. The summed E-state index contributed by atoms with van der Waals surface area (Å²) in [4.78, 5) is 4.22. The Labute approximate surface area is 128 Å². The van der Waals surface area contributed by atoms with E-state index in [0.717, 1.165) is 19.5 Å². The molecule has 0 bridgehead atoms. The minimum atomic E-state index is 0.614. The van der Waals surface area contributed by atoms with Crippen LogP contribution in [-0.4, -0.2) is 45.1 Å². The van der Waals surface area contributed by atoms with Crippen LogP contribution in [0, 0.1) is 5.92 Å². The fourth-order valence-corrected chi connectivity index (χ4v) is 1.73. The predicted molar refractivity (Wildman–Crippen MR) is 83.6 cm³/mol. The number of methoxy groups -OCH3 is 1. The van der Waals surface area contributed by atoms with Gasteiger partial charge in [0, 0.05) is 38.9 Å². The lowest BCUT2D eigenvalue weighted by molar-refractivity contribution is 0.0642. The van der Waals surface area contributed by atoms with Gasteiger partial charge in [0.1, 0.15) is 0 Å². The number of hydrogen-bond acceptors (Lipinski definition) is 5. The highest BCUT2D eigenvalue weighted by atomic mass is 16.5. The summed E-state index contributed by atoms with van der Waals surface area (Å²) in [6.45, 7) is 8.81. The van der Waals surface area contributed by atoms with Gasteiger partial charge < -0.3 is 19.5 Å². The fourth-order valence-electron chi connectivity index (χ4n) is 1.73. The van der Waals surface area contributed by atoms with Gasteiger partial charge in [-0.2, -0.15) is 0 Å². The third kappa shape index (κ3) is 9.39.